The molecule has 0 aliphatic heterocycles. The van der Waals surface area contributed by atoms with Gasteiger partial charge in [-0.2, -0.15) is 0 Å². The molecule has 0 spiro atoms. The lowest BCUT2D eigenvalue weighted by atomic mass is 9.82. The topological polar surface area (TPSA) is 104 Å². The van der Waals surface area contributed by atoms with Crippen molar-refractivity contribution in [3.8, 4) is 22.8 Å². The summed E-state index contributed by atoms with van der Waals surface area (Å²) < 4.78 is 10.1. The zero-order valence-electron chi connectivity index (χ0n) is 19.5. The van der Waals surface area contributed by atoms with Crippen molar-refractivity contribution in [2.45, 2.75) is 25.7 Å². The van der Waals surface area contributed by atoms with Gasteiger partial charge in [0, 0.05) is 45.4 Å². The van der Waals surface area contributed by atoms with Crippen LogP contribution in [-0.2, 0) is 22.4 Å². The van der Waals surface area contributed by atoms with E-state index in [0.717, 1.165) is 67.9 Å². The van der Waals surface area contributed by atoms with Gasteiger partial charge in [-0.3, -0.25) is 9.59 Å². The molecule has 2 heterocycles. The smallest absolute Gasteiger partial charge is 0.305 e. The number of aromatic amines is 2. The number of nitrogens with one attached hydrogen (secondary N) is 2. The van der Waals surface area contributed by atoms with Gasteiger partial charge in [-0.25, -0.2) is 0 Å². The van der Waals surface area contributed by atoms with Crippen LogP contribution in [0.2, 0.25) is 0 Å². The van der Waals surface area contributed by atoms with Crippen molar-refractivity contribution < 1.29 is 24.2 Å². The molecule has 0 fully saturated rings. The van der Waals surface area contributed by atoms with Crippen molar-refractivity contribution in [3.05, 3.63) is 59.3 Å². The number of aromatic nitrogens is 2. The molecule has 3 N–H and O–H groups in total. The summed E-state index contributed by atoms with van der Waals surface area (Å²) in [5.74, 6) is 0.431. The molecule has 0 atom stereocenters. The number of esters is 1. The maximum absolute atomic E-state index is 12.8. The summed E-state index contributed by atoms with van der Waals surface area (Å²) >= 11 is 0. The number of hydrogen-bond acceptors (Lipinski definition) is 5. The third kappa shape index (κ3) is 3.19. The molecule has 1 aliphatic carbocycles. The Morgan fingerprint density at radius 3 is 2.66 bits per heavy atom. The molecule has 0 saturated heterocycles. The average Bonchev–Trinajstić information content (AvgIpc) is 3.46. The van der Waals surface area contributed by atoms with Gasteiger partial charge < -0.3 is 24.5 Å². The van der Waals surface area contributed by atoms with Crippen LogP contribution in [0.5, 0.6) is 11.6 Å². The number of aromatic hydroxyl groups is 1. The molecule has 1 aliphatic rings. The van der Waals surface area contributed by atoms with Crippen LogP contribution in [0.1, 0.15) is 34.3 Å². The van der Waals surface area contributed by atoms with E-state index >= 15 is 0 Å². The predicted molar refractivity (Wildman–Crippen MR) is 134 cm³/mol. The molecule has 5 aromatic rings. The van der Waals surface area contributed by atoms with E-state index in [1.807, 2.05) is 24.4 Å². The molecular weight excluding hydrogens is 444 g/mol. The number of benzene rings is 3. The Kier molecular flexibility index (Phi) is 4.81. The number of methoxy groups -OCH3 is 2. The normalized spacial score (nSPS) is 12.6. The van der Waals surface area contributed by atoms with Crippen molar-refractivity contribution in [2.75, 3.05) is 14.2 Å². The van der Waals surface area contributed by atoms with E-state index in [9.17, 15) is 14.7 Å². The number of rotatable bonds is 5. The van der Waals surface area contributed by atoms with Gasteiger partial charge in [0.2, 0.25) is 0 Å². The fraction of sp³-hybridized carbons (Fsp3) is 0.214. The molecule has 3 aromatic carbocycles. The first-order chi connectivity index (χ1) is 17.0. The van der Waals surface area contributed by atoms with E-state index in [0.29, 0.717) is 5.56 Å². The number of fused-ring (bicyclic) bond motifs is 10. The summed E-state index contributed by atoms with van der Waals surface area (Å²) in [6, 6.07) is 11.7. The van der Waals surface area contributed by atoms with Crippen molar-refractivity contribution in [1.29, 1.82) is 0 Å². The van der Waals surface area contributed by atoms with Crippen LogP contribution in [0.15, 0.2) is 42.6 Å². The summed E-state index contributed by atoms with van der Waals surface area (Å²) in [5.41, 5.74) is 6.93. The van der Waals surface area contributed by atoms with Gasteiger partial charge in [0.1, 0.15) is 5.75 Å². The molecular formula is C28H24N2O5. The third-order valence-corrected chi connectivity index (χ3v) is 7.11. The van der Waals surface area contributed by atoms with E-state index in [1.54, 1.807) is 13.2 Å². The number of aryl methyl sites for hydroxylation is 2. The maximum Gasteiger partial charge on any atom is 0.305 e. The summed E-state index contributed by atoms with van der Waals surface area (Å²) in [7, 11) is 2.98. The van der Waals surface area contributed by atoms with Gasteiger partial charge in [0.05, 0.1) is 31.5 Å². The number of H-pyrrole nitrogens is 2. The molecule has 0 bridgehead atoms. The van der Waals surface area contributed by atoms with E-state index in [2.05, 4.69) is 26.8 Å². The van der Waals surface area contributed by atoms with Gasteiger partial charge in [0.25, 0.3) is 0 Å². The lowest BCUT2D eigenvalue weighted by molar-refractivity contribution is -0.140. The SMILES string of the molecule is COC(=O)CCC(=O)c1ccc2[nH]c3c4c(c5c(O)[nH]cc5c3c2c1)-c1ccc(OC)cc1CC4. The van der Waals surface area contributed by atoms with Gasteiger partial charge in [-0.05, 0) is 59.9 Å². The highest BCUT2D eigenvalue weighted by Crippen LogP contribution is 2.48. The first kappa shape index (κ1) is 21.3. The highest BCUT2D eigenvalue weighted by atomic mass is 16.5. The summed E-state index contributed by atoms with van der Waals surface area (Å²) in [6.07, 6.45) is 3.64. The van der Waals surface area contributed by atoms with Crippen molar-refractivity contribution in [3.63, 3.8) is 0 Å². The van der Waals surface area contributed by atoms with Crippen LogP contribution in [-0.4, -0.2) is 41.0 Å². The van der Waals surface area contributed by atoms with E-state index in [-0.39, 0.29) is 24.5 Å². The molecule has 7 nitrogen and oxygen atoms in total. The number of Topliss-reactive ketones (excluding diaryl/α,β-unsaturated/α-hetero) is 1. The minimum atomic E-state index is -0.402. The Balaban J connectivity index is 1.59. The fourth-order valence-electron chi connectivity index (χ4n) is 5.43. The molecule has 0 amide bonds. The number of ether oxygens (including phenoxy) is 2. The number of carbonyl (C=O) groups excluding carboxylic acids is 2. The van der Waals surface area contributed by atoms with Crippen LogP contribution in [0.4, 0.5) is 0 Å². The van der Waals surface area contributed by atoms with E-state index in [1.165, 1.54) is 12.7 Å². The quantitative estimate of drug-likeness (QED) is 0.236. The molecule has 0 radical (unpaired) electrons. The predicted octanol–water partition coefficient (Wildman–Crippen LogP) is 5.42. The van der Waals surface area contributed by atoms with Crippen molar-refractivity contribution in [2.24, 2.45) is 0 Å². The van der Waals surface area contributed by atoms with Gasteiger partial charge in [-0.15, -0.1) is 0 Å². The number of hydrogen-bond donors (Lipinski definition) is 3. The Bertz CT molecular complexity index is 1670. The minimum absolute atomic E-state index is 0.0505. The summed E-state index contributed by atoms with van der Waals surface area (Å²) in [5, 5.41) is 14.4. The summed E-state index contributed by atoms with van der Waals surface area (Å²) in [4.78, 5) is 30.9. The van der Waals surface area contributed by atoms with Crippen LogP contribution in [0.25, 0.3) is 43.7 Å². The Hall–Kier alpha value is -4.26. The van der Waals surface area contributed by atoms with Crippen LogP contribution < -0.4 is 4.74 Å². The molecule has 176 valence electrons. The molecule has 0 saturated carbocycles. The van der Waals surface area contributed by atoms with E-state index < -0.39 is 5.97 Å². The van der Waals surface area contributed by atoms with Gasteiger partial charge >= 0.3 is 5.97 Å². The van der Waals surface area contributed by atoms with Gasteiger partial charge in [0.15, 0.2) is 11.7 Å². The Morgan fingerprint density at radius 1 is 1.00 bits per heavy atom. The van der Waals surface area contributed by atoms with Gasteiger partial charge in [-0.1, -0.05) is 6.07 Å². The first-order valence-electron chi connectivity index (χ1n) is 11.6. The molecule has 7 heteroatoms. The third-order valence-electron chi connectivity index (χ3n) is 7.11. The second-order valence-corrected chi connectivity index (χ2v) is 8.94. The highest BCUT2D eigenvalue weighted by molar-refractivity contribution is 6.26. The van der Waals surface area contributed by atoms with Crippen LogP contribution in [0, 0.1) is 0 Å². The second-order valence-electron chi connectivity index (χ2n) is 8.94. The first-order valence-corrected chi connectivity index (χ1v) is 11.6. The zero-order chi connectivity index (χ0) is 24.3. The summed E-state index contributed by atoms with van der Waals surface area (Å²) in [6.45, 7) is 0. The zero-order valence-corrected chi connectivity index (χ0v) is 19.5. The van der Waals surface area contributed by atoms with Crippen LogP contribution in [0.3, 0.4) is 0 Å². The fourth-order valence-corrected chi connectivity index (χ4v) is 5.43. The second kappa shape index (κ2) is 7.91. The molecule has 2 aromatic heterocycles. The molecule has 6 rings (SSSR count). The lowest BCUT2D eigenvalue weighted by Gasteiger charge is -2.22. The minimum Gasteiger partial charge on any atom is -0.497 e. The lowest BCUT2D eigenvalue weighted by Crippen LogP contribution is -2.06. The Labute approximate surface area is 200 Å². The largest absolute Gasteiger partial charge is 0.497 e. The number of ketones is 1. The number of carbonyl (C=O) groups is 2. The molecule has 35 heavy (non-hydrogen) atoms. The van der Waals surface area contributed by atoms with Crippen molar-refractivity contribution >= 4 is 44.3 Å². The maximum atomic E-state index is 12.8. The highest BCUT2D eigenvalue weighted by Gasteiger charge is 2.27. The molecule has 0 unspecified atom stereocenters. The average molecular weight is 469 g/mol. The monoisotopic (exact) mass is 468 g/mol. The standard InChI is InChI=1S/C28H24N2O5/c1-34-16-5-7-17-14(11-16)3-6-18-24(17)26-20(13-29-28(26)33)25-19-12-15(4-8-21(19)30-27(18)25)22(31)9-10-23(32)35-2/h4-5,7-8,11-13,29-30,33H,3,6,9-10H2,1-2H3. The van der Waals surface area contributed by atoms with E-state index in [4.69, 9.17) is 4.74 Å². The Morgan fingerprint density at radius 2 is 1.86 bits per heavy atom. The van der Waals surface area contributed by atoms with Crippen molar-refractivity contribution in [1.82, 2.24) is 9.97 Å². The van der Waals surface area contributed by atoms with Crippen LogP contribution >= 0.6 is 0 Å².